The van der Waals surface area contributed by atoms with Gasteiger partial charge in [0.15, 0.2) is 13.0 Å². The van der Waals surface area contributed by atoms with Gasteiger partial charge in [-0.1, -0.05) is 0 Å². The second kappa shape index (κ2) is 5.40. The molecule has 104 valence electrons. The molecule has 0 saturated carbocycles. The maximum absolute atomic E-state index is 11.9. The second-order valence-electron chi connectivity index (χ2n) is 5.71. The number of carbonyl (C=O) groups is 1. The molecule has 0 N–H and O–H groups in total. The first-order chi connectivity index (χ1) is 8.85. The van der Waals surface area contributed by atoms with Crippen molar-refractivity contribution in [1.82, 2.24) is 9.88 Å². The molecule has 0 aliphatic carbocycles. The van der Waals surface area contributed by atoms with Crippen LogP contribution in [-0.4, -0.2) is 55.6 Å². The van der Waals surface area contributed by atoms with Crippen LogP contribution in [0.25, 0.3) is 0 Å². The highest BCUT2D eigenvalue weighted by molar-refractivity contribution is 7.23. The van der Waals surface area contributed by atoms with Gasteiger partial charge < -0.3 is 14.5 Å². The summed E-state index contributed by atoms with van der Waals surface area (Å²) in [4.78, 5) is 20.3. The topological polar surface area (TPSA) is 45.7 Å². The summed E-state index contributed by atoms with van der Waals surface area (Å²) in [6, 6.07) is 0. The summed E-state index contributed by atoms with van der Waals surface area (Å²) in [5.41, 5.74) is -0.430. The van der Waals surface area contributed by atoms with E-state index in [1.807, 2.05) is 27.0 Å². The van der Waals surface area contributed by atoms with E-state index in [1.54, 1.807) is 16.2 Å². The van der Waals surface area contributed by atoms with E-state index in [2.05, 4.69) is 17.7 Å². The SMILES string of the molecule is Bc1cnc(N2CCN(C(=O)OC(C)(C)C)CC2)s1. The Morgan fingerprint density at radius 3 is 2.47 bits per heavy atom. The lowest BCUT2D eigenvalue weighted by atomic mass is 10.1. The van der Waals surface area contributed by atoms with Gasteiger partial charge in [0, 0.05) is 32.4 Å². The molecule has 0 atom stereocenters. The van der Waals surface area contributed by atoms with Gasteiger partial charge in [-0.05, 0) is 25.5 Å². The van der Waals surface area contributed by atoms with Crippen LogP contribution in [0, 0.1) is 0 Å². The Kier molecular flexibility index (Phi) is 4.03. The van der Waals surface area contributed by atoms with Gasteiger partial charge in [0.2, 0.25) is 0 Å². The minimum Gasteiger partial charge on any atom is -0.444 e. The lowest BCUT2D eigenvalue weighted by molar-refractivity contribution is 0.0240. The molecule has 1 fully saturated rings. The average molecular weight is 281 g/mol. The fourth-order valence-corrected chi connectivity index (χ4v) is 2.71. The molecule has 19 heavy (non-hydrogen) atoms. The molecule has 1 saturated heterocycles. The molecule has 1 aromatic heterocycles. The smallest absolute Gasteiger partial charge is 0.410 e. The van der Waals surface area contributed by atoms with E-state index in [1.165, 1.54) is 4.78 Å². The van der Waals surface area contributed by atoms with Gasteiger partial charge in [0.05, 0.1) is 0 Å². The van der Waals surface area contributed by atoms with Crippen LogP contribution in [0.2, 0.25) is 0 Å². The molecule has 1 aliphatic heterocycles. The summed E-state index contributed by atoms with van der Waals surface area (Å²) in [5.74, 6) is 0. The van der Waals surface area contributed by atoms with E-state index >= 15 is 0 Å². The van der Waals surface area contributed by atoms with Crippen LogP contribution in [0.3, 0.4) is 0 Å². The lowest BCUT2D eigenvalue weighted by Crippen LogP contribution is -2.50. The zero-order valence-corrected chi connectivity index (χ0v) is 12.8. The van der Waals surface area contributed by atoms with E-state index in [0.717, 1.165) is 18.2 Å². The molecule has 2 rings (SSSR count). The molecule has 2 heterocycles. The average Bonchev–Trinajstić information content (AvgIpc) is 2.74. The van der Waals surface area contributed by atoms with E-state index < -0.39 is 5.60 Å². The molecule has 1 aromatic rings. The summed E-state index contributed by atoms with van der Waals surface area (Å²) in [7, 11) is 2.05. The van der Waals surface area contributed by atoms with Crippen molar-refractivity contribution in [2.75, 3.05) is 31.1 Å². The van der Waals surface area contributed by atoms with Gasteiger partial charge in [0.25, 0.3) is 0 Å². The first-order valence-electron chi connectivity index (χ1n) is 6.50. The van der Waals surface area contributed by atoms with Gasteiger partial charge in [-0.15, -0.1) is 11.3 Å². The molecule has 0 unspecified atom stereocenters. The molecule has 0 aromatic carbocycles. The van der Waals surface area contributed by atoms with Crippen molar-refractivity contribution in [2.24, 2.45) is 0 Å². The standard InChI is InChI=1S/C12H20BN3O2S/c1-12(2,3)18-11(17)16-6-4-15(5-7-16)10-14-8-9(13)19-10/h8H,4-7,13H2,1-3H3. The number of piperazine rings is 1. The van der Waals surface area contributed by atoms with Crippen LogP contribution in [0.1, 0.15) is 20.8 Å². The molecular weight excluding hydrogens is 261 g/mol. The van der Waals surface area contributed by atoms with Crippen molar-refractivity contribution >= 4 is 35.2 Å². The highest BCUT2D eigenvalue weighted by atomic mass is 32.1. The number of thiazole rings is 1. The quantitative estimate of drug-likeness (QED) is 0.702. The van der Waals surface area contributed by atoms with Crippen molar-refractivity contribution in [3.63, 3.8) is 0 Å². The minimum atomic E-state index is -0.430. The molecule has 0 radical (unpaired) electrons. The molecule has 0 bridgehead atoms. The third kappa shape index (κ3) is 3.86. The van der Waals surface area contributed by atoms with Crippen LogP contribution < -0.4 is 9.68 Å². The van der Waals surface area contributed by atoms with E-state index in [4.69, 9.17) is 4.74 Å². The third-order valence-corrected chi connectivity index (χ3v) is 3.78. The number of nitrogens with zero attached hydrogens (tertiary/aromatic N) is 3. The maximum Gasteiger partial charge on any atom is 0.410 e. The first kappa shape index (κ1) is 14.2. The number of ether oxygens (including phenoxy) is 1. The highest BCUT2D eigenvalue weighted by Crippen LogP contribution is 2.18. The minimum absolute atomic E-state index is 0.220. The van der Waals surface area contributed by atoms with Gasteiger partial charge in [-0.2, -0.15) is 0 Å². The van der Waals surface area contributed by atoms with Gasteiger partial charge >= 0.3 is 6.09 Å². The van der Waals surface area contributed by atoms with Crippen LogP contribution in [-0.2, 0) is 4.74 Å². The van der Waals surface area contributed by atoms with Gasteiger partial charge in [0.1, 0.15) is 5.60 Å². The fraction of sp³-hybridized carbons (Fsp3) is 0.667. The molecule has 0 spiro atoms. The molecule has 7 heteroatoms. The van der Waals surface area contributed by atoms with Crippen LogP contribution in [0.4, 0.5) is 9.93 Å². The number of aromatic nitrogens is 1. The molecule has 1 amide bonds. The predicted octanol–water partition coefficient (Wildman–Crippen LogP) is 0.459. The molecule has 1 aliphatic rings. The third-order valence-electron chi connectivity index (χ3n) is 2.81. The van der Waals surface area contributed by atoms with Crippen molar-refractivity contribution in [1.29, 1.82) is 0 Å². The Morgan fingerprint density at radius 2 is 2.00 bits per heavy atom. The monoisotopic (exact) mass is 281 g/mol. The molecule has 5 nitrogen and oxygen atoms in total. The molecular formula is C12H20BN3O2S. The summed E-state index contributed by atoms with van der Waals surface area (Å²) in [6.45, 7) is 8.66. The number of hydrogen-bond acceptors (Lipinski definition) is 5. The Balaban J connectivity index is 1.87. The van der Waals surface area contributed by atoms with E-state index in [-0.39, 0.29) is 6.09 Å². The summed E-state index contributed by atoms with van der Waals surface area (Å²) in [6.07, 6.45) is 1.67. The van der Waals surface area contributed by atoms with Crippen LogP contribution >= 0.6 is 11.3 Å². The largest absolute Gasteiger partial charge is 0.444 e. The Hall–Kier alpha value is -1.24. The highest BCUT2D eigenvalue weighted by Gasteiger charge is 2.26. The summed E-state index contributed by atoms with van der Waals surface area (Å²) < 4.78 is 6.59. The fourth-order valence-electron chi connectivity index (χ4n) is 1.90. The zero-order valence-electron chi connectivity index (χ0n) is 12.0. The normalized spacial score (nSPS) is 16.6. The number of anilines is 1. The van der Waals surface area contributed by atoms with Crippen LogP contribution in [0.5, 0.6) is 0 Å². The predicted molar refractivity (Wildman–Crippen MR) is 80.3 cm³/mol. The Morgan fingerprint density at radius 1 is 1.37 bits per heavy atom. The number of carbonyl (C=O) groups excluding carboxylic acids is 1. The Bertz CT molecular complexity index is 450. The van der Waals surface area contributed by atoms with Gasteiger partial charge in [-0.3, -0.25) is 0 Å². The van der Waals surface area contributed by atoms with Crippen molar-refractivity contribution in [3.8, 4) is 0 Å². The first-order valence-corrected chi connectivity index (χ1v) is 7.32. The lowest BCUT2D eigenvalue weighted by Gasteiger charge is -2.35. The van der Waals surface area contributed by atoms with Crippen molar-refractivity contribution < 1.29 is 9.53 Å². The second-order valence-corrected chi connectivity index (χ2v) is 6.92. The van der Waals surface area contributed by atoms with E-state index in [9.17, 15) is 4.79 Å². The zero-order chi connectivity index (χ0) is 14.0. The number of hydrogen-bond donors (Lipinski definition) is 0. The van der Waals surface area contributed by atoms with Crippen LogP contribution in [0.15, 0.2) is 6.20 Å². The summed E-state index contributed by atoms with van der Waals surface area (Å²) in [5, 5.41) is 1.04. The summed E-state index contributed by atoms with van der Waals surface area (Å²) >= 11 is 1.69. The van der Waals surface area contributed by atoms with Crippen molar-refractivity contribution in [2.45, 2.75) is 26.4 Å². The Labute approximate surface area is 119 Å². The van der Waals surface area contributed by atoms with Gasteiger partial charge in [-0.25, -0.2) is 9.78 Å². The number of rotatable bonds is 1. The van der Waals surface area contributed by atoms with Crippen molar-refractivity contribution in [3.05, 3.63) is 6.20 Å². The maximum atomic E-state index is 11.9. The number of amides is 1. The van der Waals surface area contributed by atoms with E-state index in [0.29, 0.717) is 13.1 Å².